The fourth-order valence-corrected chi connectivity index (χ4v) is 1.15. The molecule has 0 bridgehead atoms. The fourth-order valence-electron chi connectivity index (χ4n) is 0.932. The summed E-state index contributed by atoms with van der Waals surface area (Å²) in [4.78, 5) is 2.92. The molecular formula is C8H14N2O2S. The number of hydrogen-bond acceptors (Lipinski definition) is 3. The molecule has 1 aromatic heterocycles. The molecule has 0 fully saturated rings. The van der Waals surface area contributed by atoms with Gasteiger partial charge in [0.1, 0.15) is 0 Å². The third-order valence-electron chi connectivity index (χ3n) is 1.63. The van der Waals surface area contributed by atoms with Crippen LogP contribution in [0.1, 0.15) is 0 Å². The Morgan fingerprint density at radius 1 is 1.46 bits per heavy atom. The van der Waals surface area contributed by atoms with E-state index in [0.29, 0.717) is 19.8 Å². The quantitative estimate of drug-likeness (QED) is 0.556. The van der Waals surface area contributed by atoms with Crippen molar-refractivity contribution in [1.82, 2.24) is 9.55 Å². The van der Waals surface area contributed by atoms with Crippen molar-refractivity contribution in [3.8, 4) is 0 Å². The summed E-state index contributed by atoms with van der Waals surface area (Å²) in [5.41, 5.74) is 0. The highest BCUT2D eigenvalue weighted by atomic mass is 32.1. The van der Waals surface area contributed by atoms with Gasteiger partial charge in [-0.1, -0.05) is 0 Å². The van der Waals surface area contributed by atoms with E-state index in [1.165, 1.54) is 0 Å². The van der Waals surface area contributed by atoms with Crippen molar-refractivity contribution >= 4 is 12.2 Å². The van der Waals surface area contributed by atoms with Crippen molar-refractivity contribution in [1.29, 1.82) is 0 Å². The van der Waals surface area contributed by atoms with Gasteiger partial charge in [-0.15, -0.1) is 0 Å². The van der Waals surface area contributed by atoms with Crippen LogP contribution in [0.5, 0.6) is 0 Å². The molecule has 0 radical (unpaired) electrons. The van der Waals surface area contributed by atoms with Gasteiger partial charge in [-0.05, 0) is 12.2 Å². The summed E-state index contributed by atoms with van der Waals surface area (Å²) in [6, 6.07) is 0. The van der Waals surface area contributed by atoms with Crippen molar-refractivity contribution in [2.45, 2.75) is 6.54 Å². The van der Waals surface area contributed by atoms with Crippen LogP contribution in [0.4, 0.5) is 0 Å². The lowest BCUT2D eigenvalue weighted by Crippen LogP contribution is -2.08. The van der Waals surface area contributed by atoms with Crippen LogP contribution in [0, 0.1) is 4.77 Å². The Bertz CT molecular complexity index is 282. The van der Waals surface area contributed by atoms with E-state index >= 15 is 0 Å². The Kier molecular flexibility index (Phi) is 4.74. The van der Waals surface area contributed by atoms with Gasteiger partial charge < -0.3 is 19.0 Å². The Morgan fingerprint density at radius 2 is 2.31 bits per heavy atom. The molecule has 0 spiro atoms. The molecule has 0 saturated heterocycles. The molecule has 1 heterocycles. The van der Waals surface area contributed by atoms with Gasteiger partial charge in [0.2, 0.25) is 0 Å². The van der Waals surface area contributed by atoms with Crippen LogP contribution in [-0.2, 0) is 16.0 Å². The van der Waals surface area contributed by atoms with Crippen molar-refractivity contribution < 1.29 is 9.47 Å². The Balaban J connectivity index is 2.13. The topological polar surface area (TPSA) is 39.2 Å². The van der Waals surface area contributed by atoms with Gasteiger partial charge in [0.05, 0.1) is 19.8 Å². The van der Waals surface area contributed by atoms with E-state index in [0.717, 1.165) is 11.3 Å². The first-order chi connectivity index (χ1) is 6.34. The Morgan fingerprint density at radius 3 is 2.92 bits per heavy atom. The molecule has 13 heavy (non-hydrogen) atoms. The van der Waals surface area contributed by atoms with Crippen molar-refractivity contribution in [3.05, 3.63) is 17.2 Å². The summed E-state index contributed by atoms with van der Waals surface area (Å²) in [7, 11) is 1.66. The maximum Gasteiger partial charge on any atom is 0.177 e. The summed E-state index contributed by atoms with van der Waals surface area (Å²) >= 11 is 5.01. The zero-order valence-electron chi connectivity index (χ0n) is 7.66. The average molecular weight is 202 g/mol. The number of methoxy groups -OCH3 is 1. The van der Waals surface area contributed by atoms with E-state index < -0.39 is 0 Å². The van der Waals surface area contributed by atoms with Gasteiger partial charge >= 0.3 is 0 Å². The fraction of sp³-hybridized carbons (Fsp3) is 0.625. The minimum Gasteiger partial charge on any atom is -0.382 e. The zero-order valence-corrected chi connectivity index (χ0v) is 8.47. The van der Waals surface area contributed by atoms with Crippen LogP contribution in [0.15, 0.2) is 12.4 Å². The van der Waals surface area contributed by atoms with E-state index in [1.807, 2.05) is 17.0 Å². The summed E-state index contributed by atoms with van der Waals surface area (Å²) in [5, 5.41) is 0. The minimum absolute atomic E-state index is 0.633. The van der Waals surface area contributed by atoms with Crippen LogP contribution in [0.2, 0.25) is 0 Å². The summed E-state index contributed by atoms with van der Waals surface area (Å²) in [6.45, 7) is 2.72. The van der Waals surface area contributed by atoms with Gasteiger partial charge in [0.15, 0.2) is 4.77 Å². The highest BCUT2D eigenvalue weighted by Gasteiger charge is 1.92. The largest absolute Gasteiger partial charge is 0.382 e. The van der Waals surface area contributed by atoms with E-state index in [1.54, 1.807) is 7.11 Å². The number of aromatic nitrogens is 2. The number of imidazole rings is 1. The molecule has 4 nitrogen and oxygen atoms in total. The monoisotopic (exact) mass is 202 g/mol. The predicted molar refractivity (Wildman–Crippen MR) is 52.3 cm³/mol. The van der Waals surface area contributed by atoms with Gasteiger partial charge in [0, 0.05) is 26.0 Å². The number of ether oxygens (including phenoxy) is 2. The second-order valence-electron chi connectivity index (χ2n) is 2.56. The third-order valence-corrected chi connectivity index (χ3v) is 1.98. The highest BCUT2D eigenvalue weighted by Crippen LogP contribution is 1.90. The zero-order chi connectivity index (χ0) is 9.52. The molecule has 0 saturated carbocycles. The van der Waals surface area contributed by atoms with Crippen LogP contribution in [0.3, 0.4) is 0 Å². The first-order valence-electron chi connectivity index (χ1n) is 4.15. The Hall–Kier alpha value is -0.650. The molecule has 0 aliphatic carbocycles. The summed E-state index contributed by atoms with van der Waals surface area (Å²) < 4.78 is 12.8. The van der Waals surface area contributed by atoms with E-state index in [4.69, 9.17) is 21.7 Å². The lowest BCUT2D eigenvalue weighted by molar-refractivity contribution is 0.0665. The summed E-state index contributed by atoms with van der Waals surface area (Å²) in [5.74, 6) is 0. The molecule has 0 unspecified atom stereocenters. The summed E-state index contributed by atoms with van der Waals surface area (Å²) in [6.07, 6.45) is 3.72. The van der Waals surface area contributed by atoms with E-state index in [-0.39, 0.29) is 0 Å². The second kappa shape index (κ2) is 5.90. The first-order valence-corrected chi connectivity index (χ1v) is 4.56. The second-order valence-corrected chi connectivity index (χ2v) is 2.95. The molecule has 1 rings (SSSR count). The van der Waals surface area contributed by atoms with E-state index in [2.05, 4.69) is 4.98 Å². The predicted octanol–water partition coefficient (Wildman–Crippen LogP) is 1.21. The molecule has 0 atom stereocenters. The third kappa shape index (κ3) is 3.71. The number of nitrogens with one attached hydrogen (secondary N) is 1. The molecule has 0 aliphatic heterocycles. The molecular weight excluding hydrogens is 188 g/mol. The van der Waals surface area contributed by atoms with Crippen LogP contribution in [-0.4, -0.2) is 36.5 Å². The molecule has 0 aromatic carbocycles. The number of nitrogens with zero attached hydrogens (tertiary/aromatic N) is 1. The maximum absolute atomic E-state index is 5.30. The lowest BCUT2D eigenvalue weighted by atomic mass is 10.6. The normalized spacial score (nSPS) is 10.5. The molecule has 5 heteroatoms. The van der Waals surface area contributed by atoms with E-state index in [9.17, 15) is 0 Å². The van der Waals surface area contributed by atoms with Gasteiger partial charge in [-0.25, -0.2) is 0 Å². The van der Waals surface area contributed by atoms with Crippen molar-refractivity contribution in [2.24, 2.45) is 0 Å². The van der Waals surface area contributed by atoms with Gasteiger partial charge in [-0.2, -0.15) is 0 Å². The van der Waals surface area contributed by atoms with Crippen LogP contribution < -0.4 is 0 Å². The molecule has 1 N–H and O–H groups in total. The van der Waals surface area contributed by atoms with Gasteiger partial charge in [0.25, 0.3) is 0 Å². The molecule has 1 aromatic rings. The number of rotatable bonds is 6. The standard InChI is InChI=1S/C8H14N2O2S/c1-11-6-7-12-5-4-10-3-2-9-8(10)13/h2-3H,4-7H2,1H3,(H,9,13). The Labute approximate surface area is 82.5 Å². The van der Waals surface area contributed by atoms with Crippen molar-refractivity contribution in [2.75, 3.05) is 26.9 Å². The highest BCUT2D eigenvalue weighted by molar-refractivity contribution is 7.71. The lowest BCUT2D eigenvalue weighted by Gasteiger charge is -2.03. The van der Waals surface area contributed by atoms with Crippen LogP contribution >= 0.6 is 12.2 Å². The molecule has 74 valence electrons. The molecule has 0 amide bonds. The number of H-pyrrole nitrogens is 1. The SMILES string of the molecule is COCCOCCn1cc[nH]c1=S. The number of hydrogen-bond donors (Lipinski definition) is 1. The number of aromatic amines is 1. The maximum atomic E-state index is 5.30. The van der Waals surface area contributed by atoms with Gasteiger partial charge in [-0.3, -0.25) is 0 Å². The van der Waals surface area contributed by atoms with Crippen LogP contribution in [0.25, 0.3) is 0 Å². The average Bonchev–Trinajstić information content (AvgIpc) is 2.52. The minimum atomic E-state index is 0.633. The first kappa shape index (κ1) is 10.4. The van der Waals surface area contributed by atoms with Crippen molar-refractivity contribution in [3.63, 3.8) is 0 Å². The molecule has 0 aliphatic rings. The smallest absolute Gasteiger partial charge is 0.177 e.